The van der Waals surface area contributed by atoms with E-state index < -0.39 is 9.84 Å². The van der Waals surface area contributed by atoms with E-state index in [1.54, 1.807) is 12.1 Å². The average Bonchev–Trinajstić information content (AvgIpc) is 1.86. The standard InChI is InChI=1S/C8H9O2S/c1-7-4-3-5-8(6-7)11(2,9)10/h4-6H,1-2H3. The molecule has 0 aliphatic heterocycles. The Hall–Kier alpha value is -0.830. The first-order valence-electron chi connectivity index (χ1n) is 3.18. The monoisotopic (exact) mass is 169 g/mol. The summed E-state index contributed by atoms with van der Waals surface area (Å²) in [5.41, 5.74) is 0.910. The van der Waals surface area contributed by atoms with E-state index in [1.165, 1.54) is 12.3 Å². The van der Waals surface area contributed by atoms with Crippen LogP contribution in [0.15, 0.2) is 23.1 Å². The van der Waals surface area contributed by atoms with Gasteiger partial charge in [0.25, 0.3) is 0 Å². The van der Waals surface area contributed by atoms with Crippen LogP contribution in [0.4, 0.5) is 0 Å². The van der Waals surface area contributed by atoms with Crippen molar-refractivity contribution in [2.45, 2.75) is 11.8 Å². The molecule has 0 bridgehead atoms. The molecule has 0 saturated heterocycles. The molecule has 0 N–H and O–H groups in total. The van der Waals surface area contributed by atoms with Crippen LogP contribution in [-0.2, 0) is 9.84 Å². The van der Waals surface area contributed by atoms with Crippen molar-refractivity contribution in [3.05, 3.63) is 29.8 Å². The minimum Gasteiger partial charge on any atom is -0.224 e. The smallest absolute Gasteiger partial charge is 0.175 e. The Balaban J connectivity index is 3.28. The van der Waals surface area contributed by atoms with E-state index in [2.05, 4.69) is 6.07 Å². The first-order valence-corrected chi connectivity index (χ1v) is 5.07. The van der Waals surface area contributed by atoms with Gasteiger partial charge in [0.1, 0.15) is 0 Å². The van der Waals surface area contributed by atoms with Crippen LogP contribution < -0.4 is 0 Å². The van der Waals surface area contributed by atoms with E-state index in [1.807, 2.05) is 6.92 Å². The summed E-state index contributed by atoms with van der Waals surface area (Å²) >= 11 is 0. The number of benzene rings is 1. The van der Waals surface area contributed by atoms with Gasteiger partial charge in [-0.15, -0.1) is 0 Å². The summed E-state index contributed by atoms with van der Waals surface area (Å²) in [6.45, 7) is 1.84. The lowest BCUT2D eigenvalue weighted by atomic mass is 10.2. The Bertz CT molecular complexity index is 352. The number of hydrogen-bond acceptors (Lipinski definition) is 2. The van der Waals surface area contributed by atoms with E-state index in [0.29, 0.717) is 4.90 Å². The highest BCUT2D eigenvalue weighted by Gasteiger charge is 2.04. The molecule has 1 aromatic carbocycles. The summed E-state index contributed by atoms with van der Waals surface area (Å²) in [5, 5.41) is 0. The van der Waals surface area contributed by atoms with Crippen LogP contribution in [0.5, 0.6) is 0 Å². The second-order valence-corrected chi connectivity index (χ2v) is 4.53. The van der Waals surface area contributed by atoms with Gasteiger partial charge in [0, 0.05) is 6.26 Å². The van der Waals surface area contributed by atoms with Gasteiger partial charge < -0.3 is 0 Å². The predicted octanol–water partition coefficient (Wildman–Crippen LogP) is 1.20. The zero-order valence-corrected chi connectivity index (χ0v) is 7.27. The number of hydrogen-bond donors (Lipinski definition) is 0. The Labute approximate surface area is 66.8 Å². The molecule has 0 heterocycles. The zero-order valence-electron chi connectivity index (χ0n) is 6.46. The summed E-state index contributed by atoms with van der Waals surface area (Å²) in [7, 11) is -3.06. The van der Waals surface area contributed by atoms with Gasteiger partial charge in [0.15, 0.2) is 9.84 Å². The van der Waals surface area contributed by atoms with Crippen LogP contribution in [0.1, 0.15) is 5.56 Å². The molecule has 0 saturated carbocycles. The van der Waals surface area contributed by atoms with Crippen molar-refractivity contribution in [1.82, 2.24) is 0 Å². The maximum atomic E-state index is 11.0. The molecular formula is C8H9O2S. The third-order valence-corrected chi connectivity index (χ3v) is 2.43. The lowest BCUT2D eigenvalue weighted by Crippen LogP contribution is -1.96. The van der Waals surface area contributed by atoms with E-state index in [-0.39, 0.29) is 0 Å². The molecule has 0 fully saturated rings. The highest BCUT2D eigenvalue weighted by Crippen LogP contribution is 2.09. The molecular weight excluding hydrogens is 160 g/mol. The Kier molecular flexibility index (Phi) is 2.00. The molecule has 0 atom stereocenters. The first-order chi connectivity index (χ1) is 5.00. The predicted molar refractivity (Wildman–Crippen MR) is 43.1 cm³/mol. The molecule has 2 nitrogen and oxygen atoms in total. The van der Waals surface area contributed by atoms with Crippen molar-refractivity contribution >= 4 is 9.84 Å². The maximum Gasteiger partial charge on any atom is 0.175 e. The van der Waals surface area contributed by atoms with E-state index in [0.717, 1.165) is 5.56 Å². The molecule has 11 heavy (non-hydrogen) atoms. The van der Waals surface area contributed by atoms with E-state index in [9.17, 15) is 8.42 Å². The Morgan fingerprint density at radius 3 is 2.36 bits per heavy atom. The van der Waals surface area contributed by atoms with Gasteiger partial charge in [0.05, 0.1) is 4.90 Å². The van der Waals surface area contributed by atoms with Crippen molar-refractivity contribution in [3.8, 4) is 0 Å². The molecule has 59 valence electrons. The topological polar surface area (TPSA) is 34.1 Å². The van der Waals surface area contributed by atoms with Gasteiger partial charge in [-0.25, -0.2) is 8.42 Å². The van der Waals surface area contributed by atoms with Crippen molar-refractivity contribution in [2.24, 2.45) is 0 Å². The minimum absolute atomic E-state index is 0.331. The van der Waals surface area contributed by atoms with Crippen molar-refractivity contribution in [3.63, 3.8) is 0 Å². The van der Waals surface area contributed by atoms with Crippen molar-refractivity contribution in [1.29, 1.82) is 0 Å². The zero-order chi connectivity index (χ0) is 8.48. The molecule has 1 aromatic rings. The van der Waals surface area contributed by atoms with Crippen molar-refractivity contribution < 1.29 is 8.42 Å². The largest absolute Gasteiger partial charge is 0.224 e. The summed E-state index contributed by atoms with van der Waals surface area (Å²) in [6, 6.07) is 7.61. The van der Waals surface area contributed by atoms with Crippen LogP contribution in [0.2, 0.25) is 0 Å². The Morgan fingerprint density at radius 1 is 1.36 bits per heavy atom. The van der Waals surface area contributed by atoms with E-state index in [4.69, 9.17) is 0 Å². The number of sulfone groups is 1. The van der Waals surface area contributed by atoms with Gasteiger partial charge in [-0.2, -0.15) is 0 Å². The summed E-state index contributed by atoms with van der Waals surface area (Å²) in [5.74, 6) is 0. The second-order valence-electron chi connectivity index (χ2n) is 2.52. The van der Waals surface area contributed by atoms with Crippen LogP contribution >= 0.6 is 0 Å². The van der Waals surface area contributed by atoms with Crippen LogP contribution in [0.25, 0.3) is 0 Å². The molecule has 0 unspecified atom stereocenters. The van der Waals surface area contributed by atoms with Gasteiger partial charge in [-0.3, -0.25) is 0 Å². The number of rotatable bonds is 1. The SMILES string of the molecule is Cc1c[c]cc(S(C)(=O)=O)c1. The molecule has 0 spiro atoms. The highest BCUT2D eigenvalue weighted by atomic mass is 32.2. The fourth-order valence-corrected chi connectivity index (χ4v) is 1.46. The molecule has 1 rings (SSSR count). The van der Waals surface area contributed by atoms with Crippen LogP contribution in [0.3, 0.4) is 0 Å². The maximum absolute atomic E-state index is 11.0. The third-order valence-electron chi connectivity index (χ3n) is 1.33. The fraction of sp³-hybridized carbons (Fsp3) is 0.250. The van der Waals surface area contributed by atoms with E-state index >= 15 is 0 Å². The second kappa shape index (κ2) is 2.66. The third kappa shape index (κ3) is 2.05. The van der Waals surface area contributed by atoms with Crippen LogP contribution in [-0.4, -0.2) is 14.7 Å². The normalized spacial score (nSPS) is 11.5. The van der Waals surface area contributed by atoms with Gasteiger partial charge in [-0.05, 0) is 30.7 Å². The highest BCUT2D eigenvalue weighted by molar-refractivity contribution is 7.90. The summed E-state index contributed by atoms with van der Waals surface area (Å²) in [4.78, 5) is 0.331. The number of aryl methyl sites for hydroxylation is 1. The van der Waals surface area contributed by atoms with Gasteiger partial charge >= 0.3 is 0 Å². The lowest BCUT2D eigenvalue weighted by Gasteiger charge is -1.97. The van der Waals surface area contributed by atoms with Crippen LogP contribution in [0, 0.1) is 13.0 Å². The molecule has 1 radical (unpaired) electrons. The quantitative estimate of drug-likeness (QED) is 0.633. The lowest BCUT2D eigenvalue weighted by molar-refractivity contribution is 0.602. The average molecular weight is 169 g/mol. The minimum atomic E-state index is -3.06. The molecule has 0 aliphatic rings. The Morgan fingerprint density at radius 2 is 2.00 bits per heavy atom. The first kappa shape index (κ1) is 8.27. The van der Waals surface area contributed by atoms with Gasteiger partial charge in [0.2, 0.25) is 0 Å². The molecule has 0 aliphatic carbocycles. The molecule has 0 amide bonds. The van der Waals surface area contributed by atoms with Gasteiger partial charge in [-0.1, -0.05) is 6.07 Å². The summed E-state index contributed by atoms with van der Waals surface area (Å²) < 4.78 is 21.9. The molecule has 3 heteroatoms. The fourth-order valence-electron chi connectivity index (χ4n) is 0.777. The van der Waals surface area contributed by atoms with Crippen molar-refractivity contribution in [2.75, 3.05) is 6.26 Å². The molecule has 0 aromatic heterocycles. The summed E-state index contributed by atoms with van der Waals surface area (Å²) in [6.07, 6.45) is 1.19.